The summed E-state index contributed by atoms with van der Waals surface area (Å²) >= 11 is 0. The van der Waals surface area contributed by atoms with E-state index in [-0.39, 0.29) is 16.6 Å². The molecular weight excluding hydrogens is 671 g/mol. The molecule has 0 aliphatic carbocycles. The second-order valence-electron chi connectivity index (χ2n) is 16.7. The topological polar surface area (TPSA) is 50.9 Å². The van der Waals surface area contributed by atoms with Crippen molar-refractivity contribution in [3.05, 3.63) is 168 Å². The third-order valence-corrected chi connectivity index (χ3v) is 10.5. The van der Waals surface area contributed by atoms with Gasteiger partial charge in [-0.15, -0.1) is 0 Å². The molecule has 0 aliphatic rings. The number of para-hydroxylation sites is 2. The average Bonchev–Trinajstić information content (AvgIpc) is 3.57. The summed E-state index contributed by atoms with van der Waals surface area (Å²) in [5.74, 6) is 0.883. The maximum Gasteiger partial charge on any atom is 0.149 e. The molecule has 6 aromatic carbocycles. The van der Waals surface area contributed by atoms with Crippen LogP contribution < -0.4 is 0 Å². The van der Waals surface area contributed by atoms with E-state index < -0.39 is 0 Å². The molecule has 0 aliphatic heterocycles. The molecule has 8 rings (SSSR count). The number of aromatic hydroxyl groups is 1. The van der Waals surface area contributed by atoms with Gasteiger partial charge in [0.2, 0.25) is 0 Å². The molecule has 0 spiro atoms. The summed E-state index contributed by atoms with van der Waals surface area (Å²) < 4.78 is 2.24. The Labute approximate surface area is 324 Å². The zero-order valence-electron chi connectivity index (χ0n) is 32.7. The van der Waals surface area contributed by atoms with Gasteiger partial charge in [0.1, 0.15) is 11.6 Å². The maximum atomic E-state index is 11.3. The highest BCUT2D eigenvalue weighted by atomic mass is 16.3. The van der Waals surface area contributed by atoms with Crippen molar-refractivity contribution in [2.75, 3.05) is 0 Å². The van der Waals surface area contributed by atoms with Gasteiger partial charge in [-0.05, 0) is 111 Å². The second-order valence-corrected chi connectivity index (χ2v) is 16.7. The largest absolute Gasteiger partial charge is 0.507 e. The number of rotatable bonds is 6. The van der Waals surface area contributed by atoms with Gasteiger partial charge in [0.15, 0.2) is 0 Å². The summed E-state index contributed by atoms with van der Waals surface area (Å²) in [5, 5.41) is 11.3. The first-order valence-electron chi connectivity index (χ1n) is 19.0. The van der Waals surface area contributed by atoms with Crippen molar-refractivity contribution < 1.29 is 5.11 Å². The van der Waals surface area contributed by atoms with Crippen LogP contribution in [0.2, 0.25) is 0 Å². The van der Waals surface area contributed by atoms with Crippen LogP contribution in [0.3, 0.4) is 0 Å². The number of imidazole rings is 1. The van der Waals surface area contributed by atoms with E-state index >= 15 is 0 Å². The van der Waals surface area contributed by atoms with E-state index in [0.29, 0.717) is 11.4 Å². The lowest BCUT2D eigenvalue weighted by molar-refractivity contribution is 0.477. The van der Waals surface area contributed by atoms with Crippen LogP contribution in [0.1, 0.15) is 58.2 Å². The number of hydrogen-bond donors (Lipinski definition) is 1. The van der Waals surface area contributed by atoms with Crippen molar-refractivity contribution in [3.63, 3.8) is 0 Å². The molecule has 0 fully saturated rings. The number of benzene rings is 6. The molecule has 4 nitrogen and oxygen atoms in total. The predicted octanol–water partition coefficient (Wildman–Crippen LogP) is 13.4. The number of phenols is 1. The molecule has 55 heavy (non-hydrogen) atoms. The molecular formula is C51H47N3O. The first-order valence-corrected chi connectivity index (χ1v) is 19.0. The maximum absolute atomic E-state index is 11.3. The molecule has 272 valence electrons. The first kappa shape index (κ1) is 35.8. The number of aromatic nitrogens is 3. The molecule has 0 unspecified atom stereocenters. The van der Waals surface area contributed by atoms with Gasteiger partial charge in [-0.25, -0.2) is 4.98 Å². The van der Waals surface area contributed by atoms with Gasteiger partial charge in [-0.3, -0.25) is 9.55 Å². The van der Waals surface area contributed by atoms with Gasteiger partial charge in [0.05, 0.1) is 28.0 Å². The fourth-order valence-corrected chi connectivity index (χ4v) is 7.44. The molecule has 0 saturated heterocycles. The van der Waals surface area contributed by atoms with Crippen LogP contribution in [-0.4, -0.2) is 19.6 Å². The Morgan fingerprint density at radius 1 is 0.527 bits per heavy atom. The minimum atomic E-state index is -0.194. The lowest BCUT2D eigenvalue weighted by Gasteiger charge is -2.25. The number of aryl methyl sites for hydroxylation is 1. The van der Waals surface area contributed by atoms with Crippen LogP contribution >= 0.6 is 0 Å². The van der Waals surface area contributed by atoms with Gasteiger partial charge in [-0.1, -0.05) is 138 Å². The van der Waals surface area contributed by atoms with Crippen molar-refractivity contribution in [2.45, 2.75) is 59.3 Å². The van der Waals surface area contributed by atoms with Crippen LogP contribution in [0.15, 0.2) is 152 Å². The molecule has 0 amide bonds. The van der Waals surface area contributed by atoms with Crippen LogP contribution in [-0.2, 0) is 10.8 Å². The van der Waals surface area contributed by atoms with Crippen molar-refractivity contribution in [1.29, 1.82) is 0 Å². The van der Waals surface area contributed by atoms with Gasteiger partial charge >= 0.3 is 0 Å². The van der Waals surface area contributed by atoms with Gasteiger partial charge in [-0.2, -0.15) is 0 Å². The predicted molar refractivity (Wildman–Crippen MR) is 230 cm³/mol. The van der Waals surface area contributed by atoms with Crippen LogP contribution in [0.4, 0.5) is 0 Å². The number of pyridine rings is 1. The summed E-state index contributed by atoms with van der Waals surface area (Å²) in [6.45, 7) is 15.6. The summed E-state index contributed by atoms with van der Waals surface area (Å²) in [7, 11) is 0. The van der Waals surface area contributed by atoms with Crippen LogP contribution in [0.5, 0.6) is 5.75 Å². The zero-order valence-corrected chi connectivity index (χ0v) is 32.7. The molecule has 1 N–H and O–H groups in total. The standard InChI is InChI=1S/C51H47N3O/c1-33-20-22-35(23-21-33)37-26-27-52-44(32-37)39-28-38(29-40(30-39)50(2,3)4)41-17-13-18-46-48(41)53-49(42-16-11-12-19-47(42)55)54(46)45-25-24-36(31-43(45)51(5,6)7)34-14-9-8-10-15-34/h8-32,55H,1-7H3. The lowest BCUT2D eigenvalue weighted by Crippen LogP contribution is -2.16. The molecule has 2 aromatic heterocycles. The fourth-order valence-electron chi connectivity index (χ4n) is 7.44. The molecule has 0 saturated carbocycles. The van der Waals surface area contributed by atoms with Crippen LogP contribution in [0, 0.1) is 6.92 Å². The fraction of sp³-hybridized carbons (Fsp3) is 0.176. The molecule has 2 heterocycles. The Morgan fingerprint density at radius 2 is 1.18 bits per heavy atom. The highest BCUT2D eigenvalue weighted by molar-refractivity contribution is 5.97. The van der Waals surface area contributed by atoms with E-state index in [0.717, 1.165) is 50.2 Å². The first-order chi connectivity index (χ1) is 26.3. The van der Waals surface area contributed by atoms with Crippen LogP contribution in [0.25, 0.3) is 72.7 Å². The van der Waals surface area contributed by atoms with Gasteiger partial charge < -0.3 is 5.11 Å². The molecule has 0 radical (unpaired) electrons. The third-order valence-electron chi connectivity index (χ3n) is 10.5. The Balaban J connectivity index is 1.37. The van der Waals surface area contributed by atoms with E-state index in [1.165, 1.54) is 27.8 Å². The second kappa shape index (κ2) is 13.9. The number of phenolic OH excluding ortho intramolecular Hbond substituents is 1. The molecule has 0 bridgehead atoms. The normalized spacial score (nSPS) is 12.0. The Hall–Kier alpha value is -6.26. The average molecular weight is 718 g/mol. The van der Waals surface area contributed by atoms with Crippen molar-refractivity contribution in [3.8, 4) is 67.5 Å². The number of hydrogen-bond acceptors (Lipinski definition) is 3. The van der Waals surface area contributed by atoms with Crippen molar-refractivity contribution >= 4 is 11.0 Å². The number of nitrogens with zero attached hydrogens (tertiary/aromatic N) is 3. The van der Waals surface area contributed by atoms with E-state index in [1.807, 2.05) is 24.4 Å². The quantitative estimate of drug-likeness (QED) is 0.186. The minimum Gasteiger partial charge on any atom is -0.507 e. The lowest BCUT2D eigenvalue weighted by atomic mass is 9.83. The van der Waals surface area contributed by atoms with Crippen molar-refractivity contribution in [1.82, 2.24) is 14.5 Å². The van der Waals surface area contributed by atoms with E-state index in [2.05, 4.69) is 174 Å². The van der Waals surface area contributed by atoms with E-state index in [9.17, 15) is 5.11 Å². The minimum absolute atomic E-state index is 0.115. The third kappa shape index (κ3) is 6.97. The van der Waals surface area contributed by atoms with Crippen molar-refractivity contribution in [2.24, 2.45) is 0 Å². The Bertz CT molecular complexity index is 2670. The summed E-state index contributed by atoms with van der Waals surface area (Å²) in [6.07, 6.45) is 1.91. The van der Waals surface area contributed by atoms with E-state index in [1.54, 1.807) is 6.07 Å². The summed E-state index contributed by atoms with van der Waals surface area (Å²) in [5.41, 5.74) is 15.6. The van der Waals surface area contributed by atoms with Gasteiger partial charge in [0.25, 0.3) is 0 Å². The zero-order chi connectivity index (χ0) is 38.5. The molecule has 8 aromatic rings. The van der Waals surface area contributed by atoms with Gasteiger partial charge in [0, 0.05) is 17.3 Å². The molecule has 4 heteroatoms. The monoisotopic (exact) mass is 717 g/mol. The SMILES string of the molecule is Cc1ccc(-c2ccnc(-c3cc(-c4cccc5c4nc(-c4ccccc4O)n5-c4ccc(-c5ccccc5)cc4C(C)(C)C)cc(C(C)(C)C)c3)c2)cc1. The number of fused-ring (bicyclic) bond motifs is 1. The summed E-state index contributed by atoms with van der Waals surface area (Å²) in [4.78, 5) is 10.3. The van der Waals surface area contributed by atoms with E-state index in [4.69, 9.17) is 9.97 Å². The highest BCUT2D eigenvalue weighted by Gasteiger charge is 2.26. The highest BCUT2D eigenvalue weighted by Crippen LogP contribution is 2.42. The smallest absolute Gasteiger partial charge is 0.149 e. The summed E-state index contributed by atoms with van der Waals surface area (Å²) in [6, 6.07) is 50.9. The Kier molecular flexibility index (Phi) is 9.01. The molecule has 0 atom stereocenters. The Morgan fingerprint density at radius 3 is 1.91 bits per heavy atom.